The highest BCUT2D eigenvalue weighted by atomic mass is 16.5. The van der Waals surface area contributed by atoms with E-state index in [1.165, 1.54) is 0 Å². The zero-order chi connectivity index (χ0) is 13.0. The Hall–Kier alpha value is -1.75. The Balaban J connectivity index is 2.16. The molecule has 5 heteroatoms. The van der Waals surface area contributed by atoms with Crippen LogP contribution in [0.5, 0.6) is 0 Å². The van der Waals surface area contributed by atoms with Gasteiger partial charge in [-0.15, -0.1) is 0 Å². The predicted octanol–water partition coefficient (Wildman–Crippen LogP) is 1.68. The molecule has 0 aliphatic rings. The molecule has 0 amide bonds. The van der Waals surface area contributed by atoms with Gasteiger partial charge in [-0.2, -0.15) is 4.98 Å². The molecule has 0 aliphatic heterocycles. The van der Waals surface area contributed by atoms with Crippen molar-refractivity contribution < 1.29 is 4.52 Å². The molecular weight excluding hydrogens is 228 g/mol. The molecule has 0 saturated heterocycles. The number of nitrogens with two attached hydrogens (primary N) is 1. The fourth-order valence-electron chi connectivity index (χ4n) is 1.64. The first-order valence-corrected chi connectivity index (χ1v) is 6.10. The molecular formula is C13H18N4O. The van der Waals surface area contributed by atoms with Gasteiger partial charge in [-0.05, 0) is 31.0 Å². The average Bonchev–Trinajstić information content (AvgIpc) is 2.88. The quantitative estimate of drug-likeness (QED) is 0.868. The Morgan fingerprint density at radius 1 is 1.33 bits per heavy atom. The van der Waals surface area contributed by atoms with Crippen LogP contribution in [0.4, 0.5) is 0 Å². The van der Waals surface area contributed by atoms with Gasteiger partial charge < -0.3 is 10.3 Å². The van der Waals surface area contributed by atoms with Gasteiger partial charge in [0.1, 0.15) is 0 Å². The molecule has 2 aromatic rings. The summed E-state index contributed by atoms with van der Waals surface area (Å²) in [6.07, 6.45) is 5.04. The maximum absolute atomic E-state index is 5.78. The number of aromatic nitrogens is 3. The maximum Gasteiger partial charge on any atom is 0.233 e. The highest BCUT2D eigenvalue weighted by Gasteiger charge is 2.29. The molecule has 18 heavy (non-hydrogen) atoms. The van der Waals surface area contributed by atoms with E-state index in [9.17, 15) is 0 Å². The van der Waals surface area contributed by atoms with Crippen molar-refractivity contribution >= 4 is 0 Å². The van der Waals surface area contributed by atoms with Crippen molar-refractivity contribution in [3.8, 4) is 0 Å². The highest BCUT2D eigenvalue weighted by molar-refractivity contribution is 5.15. The normalized spacial score (nSPS) is 14.4. The van der Waals surface area contributed by atoms with Gasteiger partial charge in [0, 0.05) is 25.4 Å². The standard InChI is InChI=1S/C13H18N4O/c1-3-13(2,9-14)12-16-11(17-18-12)8-10-4-6-15-7-5-10/h4-7H,3,8-9,14H2,1-2H3. The van der Waals surface area contributed by atoms with Gasteiger partial charge in [0.15, 0.2) is 5.82 Å². The van der Waals surface area contributed by atoms with E-state index in [-0.39, 0.29) is 5.41 Å². The van der Waals surface area contributed by atoms with Gasteiger partial charge in [-0.1, -0.05) is 12.1 Å². The Kier molecular flexibility index (Phi) is 3.72. The van der Waals surface area contributed by atoms with Gasteiger partial charge in [-0.3, -0.25) is 4.98 Å². The van der Waals surface area contributed by atoms with Crippen LogP contribution in [0.1, 0.15) is 37.5 Å². The first-order valence-electron chi connectivity index (χ1n) is 6.10. The highest BCUT2D eigenvalue weighted by Crippen LogP contribution is 2.24. The van der Waals surface area contributed by atoms with Crippen LogP contribution in [0, 0.1) is 0 Å². The summed E-state index contributed by atoms with van der Waals surface area (Å²) in [7, 11) is 0. The second kappa shape index (κ2) is 5.27. The van der Waals surface area contributed by atoms with E-state index in [4.69, 9.17) is 10.3 Å². The second-order valence-corrected chi connectivity index (χ2v) is 4.67. The minimum atomic E-state index is -0.233. The summed E-state index contributed by atoms with van der Waals surface area (Å²) < 4.78 is 5.33. The molecule has 2 N–H and O–H groups in total. The Morgan fingerprint density at radius 2 is 2.06 bits per heavy atom. The average molecular weight is 246 g/mol. The smallest absolute Gasteiger partial charge is 0.233 e. The van der Waals surface area contributed by atoms with Crippen LogP contribution >= 0.6 is 0 Å². The van der Waals surface area contributed by atoms with Crippen LogP contribution in [0.15, 0.2) is 29.0 Å². The molecule has 1 unspecified atom stereocenters. The molecule has 0 spiro atoms. The predicted molar refractivity (Wildman–Crippen MR) is 68.0 cm³/mol. The van der Waals surface area contributed by atoms with Crippen LogP contribution in [-0.4, -0.2) is 21.7 Å². The zero-order valence-corrected chi connectivity index (χ0v) is 10.8. The SMILES string of the molecule is CCC(C)(CN)c1nc(Cc2ccncc2)no1. The van der Waals surface area contributed by atoms with E-state index in [1.54, 1.807) is 12.4 Å². The molecule has 0 bridgehead atoms. The van der Waals surface area contributed by atoms with Crippen molar-refractivity contribution in [2.24, 2.45) is 5.73 Å². The second-order valence-electron chi connectivity index (χ2n) is 4.67. The number of nitrogens with zero attached hydrogens (tertiary/aromatic N) is 3. The summed E-state index contributed by atoms with van der Waals surface area (Å²) in [4.78, 5) is 8.42. The van der Waals surface area contributed by atoms with Crippen molar-refractivity contribution in [1.82, 2.24) is 15.1 Å². The van der Waals surface area contributed by atoms with Gasteiger partial charge in [0.2, 0.25) is 5.89 Å². The summed E-state index contributed by atoms with van der Waals surface area (Å²) in [6, 6.07) is 3.88. The van der Waals surface area contributed by atoms with Crippen LogP contribution in [0.2, 0.25) is 0 Å². The van der Waals surface area contributed by atoms with Crippen LogP contribution in [0.25, 0.3) is 0 Å². The largest absolute Gasteiger partial charge is 0.339 e. The molecule has 5 nitrogen and oxygen atoms in total. The number of rotatable bonds is 5. The lowest BCUT2D eigenvalue weighted by molar-refractivity contribution is 0.289. The van der Waals surface area contributed by atoms with E-state index in [0.717, 1.165) is 12.0 Å². The molecule has 0 radical (unpaired) electrons. The summed E-state index contributed by atoms with van der Waals surface area (Å²) in [6.45, 7) is 4.61. The summed E-state index contributed by atoms with van der Waals surface area (Å²) >= 11 is 0. The lowest BCUT2D eigenvalue weighted by Crippen LogP contribution is -2.31. The van der Waals surface area contributed by atoms with E-state index in [1.807, 2.05) is 19.1 Å². The van der Waals surface area contributed by atoms with Crippen molar-refractivity contribution in [3.05, 3.63) is 41.8 Å². The van der Waals surface area contributed by atoms with Crippen LogP contribution < -0.4 is 5.73 Å². The fraction of sp³-hybridized carbons (Fsp3) is 0.462. The third-order valence-electron chi connectivity index (χ3n) is 3.33. The van der Waals surface area contributed by atoms with Crippen molar-refractivity contribution in [1.29, 1.82) is 0 Å². The first kappa shape index (κ1) is 12.7. The van der Waals surface area contributed by atoms with Crippen molar-refractivity contribution in [2.75, 3.05) is 6.54 Å². The van der Waals surface area contributed by atoms with E-state index < -0.39 is 0 Å². The summed E-state index contributed by atoms with van der Waals surface area (Å²) in [5.74, 6) is 1.31. The third-order valence-corrected chi connectivity index (χ3v) is 3.33. The van der Waals surface area contributed by atoms with Crippen LogP contribution in [0.3, 0.4) is 0 Å². The fourth-order valence-corrected chi connectivity index (χ4v) is 1.64. The van der Waals surface area contributed by atoms with Gasteiger partial charge in [0.05, 0.1) is 5.41 Å². The lowest BCUT2D eigenvalue weighted by Gasteiger charge is -2.20. The van der Waals surface area contributed by atoms with E-state index >= 15 is 0 Å². The zero-order valence-electron chi connectivity index (χ0n) is 10.8. The molecule has 2 aromatic heterocycles. The molecule has 0 fully saturated rings. The maximum atomic E-state index is 5.78. The topological polar surface area (TPSA) is 77.8 Å². The van der Waals surface area contributed by atoms with E-state index in [2.05, 4.69) is 22.0 Å². The van der Waals surface area contributed by atoms with Crippen LogP contribution in [-0.2, 0) is 11.8 Å². The molecule has 0 aromatic carbocycles. The number of hydrogen-bond donors (Lipinski definition) is 1. The Bertz CT molecular complexity index is 491. The number of hydrogen-bond acceptors (Lipinski definition) is 5. The summed E-state index contributed by atoms with van der Waals surface area (Å²) in [5.41, 5.74) is 6.66. The molecule has 0 saturated carbocycles. The van der Waals surface area contributed by atoms with Crippen molar-refractivity contribution in [2.45, 2.75) is 32.1 Å². The minimum absolute atomic E-state index is 0.233. The molecule has 1 atom stereocenters. The molecule has 0 aliphatic carbocycles. The van der Waals surface area contributed by atoms with Gasteiger partial charge >= 0.3 is 0 Å². The Morgan fingerprint density at radius 3 is 2.67 bits per heavy atom. The molecule has 2 heterocycles. The van der Waals surface area contributed by atoms with E-state index in [0.29, 0.717) is 24.7 Å². The third kappa shape index (κ3) is 2.56. The number of pyridine rings is 1. The Labute approximate surface area is 106 Å². The molecule has 2 rings (SSSR count). The molecule has 96 valence electrons. The minimum Gasteiger partial charge on any atom is -0.339 e. The van der Waals surface area contributed by atoms with Gasteiger partial charge in [-0.25, -0.2) is 0 Å². The lowest BCUT2D eigenvalue weighted by atomic mass is 9.88. The monoisotopic (exact) mass is 246 g/mol. The summed E-state index contributed by atoms with van der Waals surface area (Å²) in [5, 5.41) is 4.01. The first-order chi connectivity index (χ1) is 8.68. The van der Waals surface area contributed by atoms with Gasteiger partial charge in [0.25, 0.3) is 0 Å². The van der Waals surface area contributed by atoms with Crippen molar-refractivity contribution in [3.63, 3.8) is 0 Å².